The quantitative estimate of drug-likeness (QED) is 0.800. The summed E-state index contributed by atoms with van der Waals surface area (Å²) >= 11 is 0. The first-order valence-corrected chi connectivity index (χ1v) is 8.16. The maximum Gasteiger partial charge on any atom is 0.244 e. The van der Waals surface area contributed by atoms with Crippen molar-refractivity contribution in [2.75, 3.05) is 0 Å². The Morgan fingerprint density at radius 1 is 1.32 bits per heavy atom. The van der Waals surface area contributed by atoms with Crippen molar-refractivity contribution in [2.24, 2.45) is 11.8 Å². The zero-order valence-corrected chi connectivity index (χ0v) is 12.6. The Bertz CT molecular complexity index is 358. The van der Waals surface area contributed by atoms with Crippen molar-refractivity contribution in [3.05, 3.63) is 0 Å². The number of amides is 1. The largest absolute Gasteiger partial charge is 0.323 e. The summed E-state index contributed by atoms with van der Waals surface area (Å²) in [6.45, 7) is 6.75. The highest BCUT2D eigenvalue weighted by Crippen LogP contribution is 2.45. The molecule has 3 heteroatoms. The standard InChI is InChI=1S/C16H28N2O/c1-4-13(10-12-5-6-12)18-14(9-11(2)3)17-16(7-8-16)15(18)19/h11-14,17H,4-10H2,1-3H3. The highest BCUT2D eigenvalue weighted by Gasteiger charge is 2.60. The van der Waals surface area contributed by atoms with Crippen LogP contribution < -0.4 is 5.32 Å². The maximum absolute atomic E-state index is 12.7. The lowest BCUT2D eigenvalue weighted by atomic mass is 10.0. The SMILES string of the molecule is CCC(CC1CC1)N1C(=O)C2(CC2)NC1CC(C)C. The van der Waals surface area contributed by atoms with Gasteiger partial charge in [-0.15, -0.1) is 0 Å². The molecule has 1 heterocycles. The Balaban J connectivity index is 1.75. The molecule has 3 aliphatic rings. The number of nitrogens with zero attached hydrogens (tertiary/aromatic N) is 1. The van der Waals surface area contributed by atoms with Crippen LogP contribution in [0.15, 0.2) is 0 Å². The first-order chi connectivity index (χ1) is 9.05. The van der Waals surface area contributed by atoms with E-state index in [4.69, 9.17) is 0 Å². The molecule has 1 N–H and O–H groups in total. The Hall–Kier alpha value is -0.570. The fourth-order valence-electron chi connectivity index (χ4n) is 3.58. The Labute approximate surface area is 117 Å². The number of hydrogen-bond donors (Lipinski definition) is 1. The minimum absolute atomic E-state index is 0.142. The van der Waals surface area contributed by atoms with Crippen molar-refractivity contribution in [1.29, 1.82) is 0 Å². The lowest BCUT2D eigenvalue weighted by Gasteiger charge is -2.33. The molecule has 0 radical (unpaired) electrons. The second kappa shape index (κ2) is 4.76. The molecule has 2 saturated carbocycles. The molecule has 2 unspecified atom stereocenters. The number of carbonyl (C=O) groups excluding carboxylic acids is 1. The summed E-state index contributed by atoms with van der Waals surface area (Å²) in [6, 6.07) is 0.469. The van der Waals surface area contributed by atoms with Gasteiger partial charge in [0.15, 0.2) is 0 Å². The van der Waals surface area contributed by atoms with Gasteiger partial charge in [-0.2, -0.15) is 0 Å². The Morgan fingerprint density at radius 3 is 2.47 bits per heavy atom. The third-order valence-electron chi connectivity index (χ3n) is 5.03. The third-order valence-corrected chi connectivity index (χ3v) is 5.03. The van der Waals surface area contributed by atoms with Crippen LogP contribution in [0.1, 0.15) is 65.7 Å². The average molecular weight is 264 g/mol. The summed E-state index contributed by atoms with van der Waals surface area (Å²) in [5.74, 6) is 1.94. The molecular weight excluding hydrogens is 236 g/mol. The summed E-state index contributed by atoms with van der Waals surface area (Å²) in [5, 5.41) is 3.66. The number of rotatable bonds is 6. The predicted octanol–water partition coefficient (Wildman–Crippen LogP) is 2.90. The van der Waals surface area contributed by atoms with Crippen molar-refractivity contribution in [3.63, 3.8) is 0 Å². The van der Waals surface area contributed by atoms with Crippen LogP contribution in [0.2, 0.25) is 0 Å². The van der Waals surface area contributed by atoms with Gasteiger partial charge in [0.2, 0.25) is 5.91 Å². The van der Waals surface area contributed by atoms with Crippen LogP contribution in [0.3, 0.4) is 0 Å². The van der Waals surface area contributed by atoms with Gasteiger partial charge in [0.05, 0.1) is 11.7 Å². The minimum Gasteiger partial charge on any atom is -0.323 e. The second-order valence-corrected chi connectivity index (χ2v) is 7.33. The van der Waals surface area contributed by atoms with Gasteiger partial charge in [-0.3, -0.25) is 10.1 Å². The second-order valence-electron chi connectivity index (χ2n) is 7.33. The normalized spacial score (nSPS) is 30.4. The molecule has 0 aromatic heterocycles. The van der Waals surface area contributed by atoms with Gasteiger partial charge >= 0.3 is 0 Å². The third kappa shape index (κ3) is 2.54. The minimum atomic E-state index is -0.142. The fourth-order valence-corrected chi connectivity index (χ4v) is 3.58. The number of carbonyl (C=O) groups is 1. The van der Waals surface area contributed by atoms with Gasteiger partial charge in [0.1, 0.15) is 0 Å². The lowest BCUT2D eigenvalue weighted by molar-refractivity contribution is -0.133. The van der Waals surface area contributed by atoms with E-state index < -0.39 is 0 Å². The van der Waals surface area contributed by atoms with Gasteiger partial charge in [-0.05, 0) is 43.9 Å². The van der Waals surface area contributed by atoms with Crippen molar-refractivity contribution in [1.82, 2.24) is 10.2 Å². The molecule has 1 aliphatic heterocycles. The first-order valence-electron chi connectivity index (χ1n) is 8.16. The van der Waals surface area contributed by atoms with Crippen molar-refractivity contribution >= 4 is 5.91 Å². The van der Waals surface area contributed by atoms with Gasteiger partial charge in [-0.25, -0.2) is 0 Å². The van der Waals surface area contributed by atoms with Crippen LogP contribution in [0, 0.1) is 11.8 Å². The molecule has 3 fully saturated rings. The smallest absolute Gasteiger partial charge is 0.244 e. The van der Waals surface area contributed by atoms with Crippen LogP contribution in [0.5, 0.6) is 0 Å². The molecule has 3 nitrogen and oxygen atoms in total. The van der Waals surface area contributed by atoms with E-state index in [-0.39, 0.29) is 5.54 Å². The van der Waals surface area contributed by atoms with Crippen LogP contribution in [0.4, 0.5) is 0 Å². The van der Waals surface area contributed by atoms with E-state index in [1.54, 1.807) is 0 Å². The maximum atomic E-state index is 12.7. The van der Waals surface area contributed by atoms with E-state index in [0.717, 1.165) is 31.6 Å². The van der Waals surface area contributed by atoms with Gasteiger partial charge < -0.3 is 4.90 Å². The average Bonchev–Trinajstić information content (AvgIpc) is 3.22. The first kappa shape index (κ1) is 13.4. The van der Waals surface area contributed by atoms with Crippen LogP contribution in [-0.2, 0) is 4.79 Å². The molecule has 108 valence electrons. The van der Waals surface area contributed by atoms with Gasteiger partial charge in [0, 0.05) is 6.04 Å². The van der Waals surface area contributed by atoms with Crippen LogP contribution in [0.25, 0.3) is 0 Å². The lowest BCUT2D eigenvalue weighted by Crippen LogP contribution is -2.45. The monoisotopic (exact) mass is 264 g/mol. The summed E-state index contributed by atoms with van der Waals surface area (Å²) in [6.07, 6.45) is 8.59. The molecule has 1 saturated heterocycles. The highest BCUT2D eigenvalue weighted by molar-refractivity contribution is 5.92. The van der Waals surface area contributed by atoms with E-state index in [9.17, 15) is 4.79 Å². The molecule has 19 heavy (non-hydrogen) atoms. The molecule has 0 aromatic carbocycles. The molecule has 2 aliphatic carbocycles. The fraction of sp³-hybridized carbons (Fsp3) is 0.938. The van der Waals surface area contributed by atoms with E-state index in [2.05, 4.69) is 31.0 Å². The van der Waals surface area contributed by atoms with Gasteiger partial charge in [-0.1, -0.05) is 33.6 Å². The predicted molar refractivity (Wildman–Crippen MR) is 76.6 cm³/mol. The van der Waals surface area contributed by atoms with Crippen molar-refractivity contribution in [3.8, 4) is 0 Å². The zero-order valence-electron chi connectivity index (χ0n) is 12.6. The topological polar surface area (TPSA) is 32.3 Å². The molecule has 1 amide bonds. The summed E-state index contributed by atoms with van der Waals surface area (Å²) in [4.78, 5) is 15.0. The zero-order chi connectivity index (χ0) is 13.6. The molecule has 0 aromatic rings. The molecule has 2 atom stereocenters. The highest BCUT2D eigenvalue weighted by atomic mass is 16.2. The van der Waals surface area contributed by atoms with Crippen LogP contribution >= 0.6 is 0 Å². The molecule has 3 rings (SSSR count). The Kier molecular flexibility index (Phi) is 3.36. The van der Waals surface area contributed by atoms with Gasteiger partial charge in [0.25, 0.3) is 0 Å². The molecular formula is C16H28N2O. The van der Waals surface area contributed by atoms with E-state index >= 15 is 0 Å². The summed E-state index contributed by atoms with van der Waals surface area (Å²) in [7, 11) is 0. The van der Waals surface area contributed by atoms with E-state index in [1.165, 1.54) is 19.3 Å². The van der Waals surface area contributed by atoms with E-state index in [0.29, 0.717) is 24.0 Å². The molecule has 0 bridgehead atoms. The summed E-state index contributed by atoms with van der Waals surface area (Å²) < 4.78 is 0. The molecule has 1 spiro atoms. The summed E-state index contributed by atoms with van der Waals surface area (Å²) in [5.41, 5.74) is -0.142. The van der Waals surface area contributed by atoms with Crippen molar-refractivity contribution in [2.45, 2.75) is 83.5 Å². The van der Waals surface area contributed by atoms with Crippen LogP contribution in [-0.4, -0.2) is 28.6 Å². The Morgan fingerprint density at radius 2 is 2.00 bits per heavy atom. The van der Waals surface area contributed by atoms with E-state index in [1.807, 2.05) is 0 Å². The number of hydrogen-bond acceptors (Lipinski definition) is 2. The van der Waals surface area contributed by atoms with Crippen molar-refractivity contribution < 1.29 is 4.79 Å². The number of nitrogens with one attached hydrogen (secondary N) is 1.